The van der Waals surface area contributed by atoms with Crippen molar-refractivity contribution in [3.05, 3.63) is 0 Å². The first-order chi connectivity index (χ1) is 5.76. The quantitative estimate of drug-likeness (QED) is 0.574. The van der Waals surface area contributed by atoms with Crippen LogP contribution in [0.4, 0.5) is 0 Å². The van der Waals surface area contributed by atoms with Crippen molar-refractivity contribution in [2.45, 2.75) is 26.7 Å². The zero-order valence-electron chi connectivity index (χ0n) is 7.80. The first-order valence-electron chi connectivity index (χ1n) is 4.37. The third-order valence-electron chi connectivity index (χ3n) is 1.61. The Balaban J connectivity index is 3.69. The number of hydrogen-bond donors (Lipinski definition) is 2. The Bertz CT molecular complexity index is 128. The molecular formula is C8H18N2O2. The van der Waals surface area contributed by atoms with Crippen molar-refractivity contribution in [2.24, 2.45) is 11.7 Å². The van der Waals surface area contributed by atoms with E-state index in [1.807, 2.05) is 13.8 Å². The lowest BCUT2D eigenvalue weighted by Gasteiger charge is -2.12. The van der Waals surface area contributed by atoms with Gasteiger partial charge in [-0.1, -0.05) is 13.3 Å². The van der Waals surface area contributed by atoms with Gasteiger partial charge in [-0.2, -0.15) is 0 Å². The van der Waals surface area contributed by atoms with Gasteiger partial charge in [-0.3, -0.25) is 9.63 Å². The summed E-state index contributed by atoms with van der Waals surface area (Å²) in [4.78, 5) is 16.0. The van der Waals surface area contributed by atoms with Gasteiger partial charge in [0.1, 0.15) is 0 Å². The Morgan fingerprint density at radius 1 is 1.58 bits per heavy atom. The van der Waals surface area contributed by atoms with Crippen LogP contribution in [0.3, 0.4) is 0 Å². The molecule has 0 saturated carbocycles. The van der Waals surface area contributed by atoms with E-state index in [0.29, 0.717) is 13.2 Å². The molecule has 3 N–H and O–H groups in total. The Kier molecular flexibility index (Phi) is 6.70. The van der Waals surface area contributed by atoms with Crippen LogP contribution in [0.15, 0.2) is 0 Å². The fraction of sp³-hybridized carbons (Fsp3) is 0.875. The van der Waals surface area contributed by atoms with Gasteiger partial charge >= 0.3 is 0 Å². The van der Waals surface area contributed by atoms with Gasteiger partial charge in [-0.15, -0.1) is 0 Å². The van der Waals surface area contributed by atoms with Crippen LogP contribution in [0.2, 0.25) is 0 Å². The van der Waals surface area contributed by atoms with E-state index in [0.717, 1.165) is 12.8 Å². The number of carbonyl (C=O) groups is 1. The minimum atomic E-state index is -0.110. The number of amides is 1. The highest BCUT2D eigenvalue weighted by Gasteiger charge is 2.14. The van der Waals surface area contributed by atoms with Crippen LogP contribution in [-0.2, 0) is 9.63 Å². The summed E-state index contributed by atoms with van der Waals surface area (Å²) in [6.07, 6.45) is 1.77. The molecule has 0 aromatic carbocycles. The van der Waals surface area contributed by atoms with E-state index in [1.165, 1.54) is 0 Å². The predicted octanol–water partition coefficient (Wildman–Crippen LogP) is 0.429. The molecule has 0 aliphatic rings. The van der Waals surface area contributed by atoms with Gasteiger partial charge in [-0.05, 0) is 13.3 Å². The maximum atomic E-state index is 11.2. The van der Waals surface area contributed by atoms with Crippen molar-refractivity contribution in [1.29, 1.82) is 0 Å². The molecule has 0 aromatic heterocycles. The summed E-state index contributed by atoms with van der Waals surface area (Å²) < 4.78 is 0. The first-order valence-corrected chi connectivity index (χ1v) is 4.37. The van der Waals surface area contributed by atoms with Crippen molar-refractivity contribution in [2.75, 3.05) is 13.2 Å². The molecule has 4 nitrogen and oxygen atoms in total. The number of hydrogen-bond acceptors (Lipinski definition) is 3. The SMILES string of the molecule is CCCC(CN)C(=O)NOCC. The van der Waals surface area contributed by atoms with E-state index in [2.05, 4.69) is 5.48 Å². The van der Waals surface area contributed by atoms with E-state index < -0.39 is 0 Å². The first kappa shape index (κ1) is 11.4. The minimum Gasteiger partial charge on any atom is -0.330 e. The molecule has 12 heavy (non-hydrogen) atoms. The van der Waals surface area contributed by atoms with Crippen LogP contribution < -0.4 is 11.2 Å². The molecule has 0 spiro atoms. The molecule has 0 bridgehead atoms. The number of rotatable bonds is 6. The zero-order valence-corrected chi connectivity index (χ0v) is 7.80. The largest absolute Gasteiger partial charge is 0.330 e. The van der Waals surface area contributed by atoms with Gasteiger partial charge in [0.05, 0.1) is 12.5 Å². The van der Waals surface area contributed by atoms with Crippen molar-refractivity contribution >= 4 is 5.91 Å². The monoisotopic (exact) mass is 174 g/mol. The molecular weight excluding hydrogens is 156 g/mol. The van der Waals surface area contributed by atoms with Crippen molar-refractivity contribution in [3.63, 3.8) is 0 Å². The summed E-state index contributed by atoms with van der Waals surface area (Å²) in [5.74, 6) is -0.220. The summed E-state index contributed by atoms with van der Waals surface area (Å²) in [7, 11) is 0. The Morgan fingerprint density at radius 3 is 2.67 bits per heavy atom. The van der Waals surface area contributed by atoms with Gasteiger partial charge in [0.15, 0.2) is 0 Å². The van der Waals surface area contributed by atoms with Gasteiger partial charge in [0.2, 0.25) is 5.91 Å². The summed E-state index contributed by atoms with van der Waals surface area (Å²) in [5.41, 5.74) is 7.76. The normalized spacial score (nSPS) is 12.6. The van der Waals surface area contributed by atoms with Crippen LogP contribution in [-0.4, -0.2) is 19.1 Å². The van der Waals surface area contributed by atoms with Crippen LogP contribution in [0.5, 0.6) is 0 Å². The molecule has 0 fully saturated rings. The molecule has 0 heterocycles. The molecule has 1 amide bonds. The lowest BCUT2D eigenvalue weighted by molar-refractivity contribution is -0.137. The highest BCUT2D eigenvalue weighted by atomic mass is 16.6. The smallest absolute Gasteiger partial charge is 0.247 e. The number of nitrogens with one attached hydrogen (secondary N) is 1. The van der Waals surface area contributed by atoms with Crippen molar-refractivity contribution < 1.29 is 9.63 Å². The lowest BCUT2D eigenvalue weighted by Crippen LogP contribution is -2.34. The molecule has 1 unspecified atom stereocenters. The highest BCUT2D eigenvalue weighted by Crippen LogP contribution is 2.03. The van der Waals surface area contributed by atoms with E-state index in [4.69, 9.17) is 10.6 Å². The molecule has 0 aliphatic carbocycles. The molecule has 4 heteroatoms. The van der Waals surface area contributed by atoms with E-state index in [-0.39, 0.29) is 11.8 Å². The molecule has 0 rings (SSSR count). The Labute approximate surface area is 73.4 Å². The molecule has 0 aliphatic heterocycles. The van der Waals surface area contributed by atoms with Crippen LogP contribution in [0.1, 0.15) is 26.7 Å². The second-order valence-electron chi connectivity index (χ2n) is 2.62. The second-order valence-corrected chi connectivity index (χ2v) is 2.62. The maximum absolute atomic E-state index is 11.2. The molecule has 72 valence electrons. The Morgan fingerprint density at radius 2 is 2.25 bits per heavy atom. The Hall–Kier alpha value is -0.610. The van der Waals surface area contributed by atoms with Gasteiger partial charge in [-0.25, -0.2) is 5.48 Å². The highest BCUT2D eigenvalue weighted by molar-refractivity contribution is 5.77. The van der Waals surface area contributed by atoms with E-state index >= 15 is 0 Å². The number of nitrogens with two attached hydrogens (primary N) is 1. The topological polar surface area (TPSA) is 64.4 Å². The molecule has 0 radical (unpaired) electrons. The molecule has 0 saturated heterocycles. The fourth-order valence-corrected chi connectivity index (χ4v) is 0.931. The van der Waals surface area contributed by atoms with Gasteiger partial charge in [0.25, 0.3) is 0 Å². The summed E-state index contributed by atoms with van der Waals surface area (Å²) in [5, 5.41) is 0. The van der Waals surface area contributed by atoms with E-state index in [1.54, 1.807) is 0 Å². The minimum absolute atomic E-state index is 0.110. The van der Waals surface area contributed by atoms with Gasteiger partial charge in [0, 0.05) is 6.54 Å². The number of hydroxylamine groups is 1. The fourth-order valence-electron chi connectivity index (χ4n) is 0.931. The zero-order chi connectivity index (χ0) is 9.40. The van der Waals surface area contributed by atoms with Crippen LogP contribution in [0, 0.1) is 5.92 Å². The standard InChI is InChI=1S/C8H18N2O2/c1-3-5-7(6-9)8(11)10-12-4-2/h7H,3-6,9H2,1-2H3,(H,10,11). The number of carbonyl (C=O) groups excluding carboxylic acids is 1. The summed E-state index contributed by atoms with van der Waals surface area (Å²) in [6.45, 7) is 4.70. The maximum Gasteiger partial charge on any atom is 0.247 e. The molecule has 0 aromatic rings. The summed E-state index contributed by atoms with van der Waals surface area (Å²) >= 11 is 0. The third kappa shape index (κ3) is 4.31. The van der Waals surface area contributed by atoms with Crippen LogP contribution in [0.25, 0.3) is 0 Å². The third-order valence-corrected chi connectivity index (χ3v) is 1.61. The predicted molar refractivity (Wildman–Crippen MR) is 47.2 cm³/mol. The average molecular weight is 174 g/mol. The molecule has 1 atom stereocenters. The van der Waals surface area contributed by atoms with Crippen LogP contribution >= 0.6 is 0 Å². The summed E-state index contributed by atoms with van der Waals surface area (Å²) in [6, 6.07) is 0. The van der Waals surface area contributed by atoms with Crippen molar-refractivity contribution in [3.8, 4) is 0 Å². The van der Waals surface area contributed by atoms with Crippen molar-refractivity contribution in [1.82, 2.24) is 5.48 Å². The van der Waals surface area contributed by atoms with Gasteiger partial charge < -0.3 is 5.73 Å². The van der Waals surface area contributed by atoms with E-state index in [9.17, 15) is 4.79 Å². The lowest BCUT2D eigenvalue weighted by atomic mass is 10.0. The second kappa shape index (κ2) is 7.06. The average Bonchev–Trinajstić information content (AvgIpc) is 2.10.